The van der Waals surface area contributed by atoms with Gasteiger partial charge >= 0.3 is 5.76 Å². The normalized spacial score (nSPS) is 11.0. The van der Waals surface area contributed by atoms with E-state index in [1.807, 2.05) is 6.07 Å². The van der Waals surface area contributed by atoms with Crippen molar-refractivity contribution in [1.82, 2.24) is 4.98 Å². The zero-order valence-corrected chi connectivity index (χ0v) is 12.2. The highest BCUT2D eigenvalue weighted by Gasteiger charge is 2.26. The van der Waals surface area contributed by atoms with Gasteiger partial charge in [0.2, 0.25) is 9.84 Å². The maximum atomic E-state index is 12.4. The van der Waals surface area contributed by atoms with Crippen LogP contribution in [0.3, 0.4) is 0 Å². The molecule has 1 aromatic heterocycles. The number of carbonyl (C=O) groups is 1. The SMILES string of the molecule is N#Cc1cnccc1NC(=O)c1ccc(S(=O)(=O)C(F)F)cc1. The van der Waals surface area contributed by atoms with E-state index in [4.69, 9.17) is 5.26 Å². The Labute approximate surface area is 130 Å². The summed E-state index contributed by atoms with van der Waals surface area (Å²) in [6, 6.07) is 7.34. The third-order valence-electron chi connectivity index (χ3n) is 2.87. The van der Waals surface area contributed by atoms with Gasteiger partial charge in [0.1, 0.15) is 6.07 Å². The molecule has 0 atom stereocenters. The predicted molar refractivity (Wildman–Crippen MR) is 76.5 cm³/mol. The number of pyridine rings is 1. The molecule has 0 fully saturated rings. The van der Waals surface area contributed by atoms with E-state index in [1.165, 1.54) is 18.5 Å². The number of nitrogens with one attached hydrogen (secondary N) is 1. The smallest absolute Gasteiger partial charge is 0.321 e. The maximum absolute atomic E-state index is 12.4. The van der Waals surface area contributed by atoms with Crippen LogP contribution in [0.5, 0.6) is 0 Å². The van der Waals surface area contributed by atoms with Crippen molar-refractivity contribution in [2.24, 2.45) is 0 Å². The van der Waals surface area contributed by atoms with Crippen molar-refractivity contribution in [2.45, 2.75) is 10.7 Å². The first-order chi connectivity index (χ1) is 10.9. The summed E-state index contributed by atoms with van der Waals surface area (Å²) in [6.45, 7) is 0. The Morgan fingerprint density at radius 1 is 1.22 bits per heavy atom. The van der Waals surface area contributed by atoms with Crippen molar-refractivity contribution in [2.75, 3.05) is 5.32 Å². The monoisotopic (exact) mass is 337 g/mol. The molecule has 9 heteroatoms. The second-order valence-corrected chi connectivity index (χ2v) is 6.23. The molecule has 0 saturated carbocycles. The Morgan fingerprint density at radius 2 is 1.87 bits per heavy atom. The molecule has 0 unspecified atom stereocenters. The van der Waals surface area contributed by atoms with Crippen LogP contribution >= 0.6 is 0 Å². The number of sulfone groups is 1. The van der Waals surface area contributed by atoms with Crippen LogP contribution in [-0.4, -0.2) is 25.1 Å². The lowest BCUT2D eigenvalue weighted by Crippen LogP contribution is -2.14. The third kappa shape index (κ3) is 3.49. The number of hydrogen-bond acceptors (Lipinski definition) is 5. The highest BCUT2D eigenvalue weighted by molar-refractivity contribution is 7.91. The predicted octanol–water partition coefficient (Wildman–Crippen LogP) is 2.20. The number of alkyl halides is 2. The largest absolute Gasteiger partial charge is 0.341 e. The van der Waals surface area contributed by atoms with Gasteiger partial charge in [-0.3, -0.25) is 9.78 Å². The number of amides is 1. The van der Waals surface area contributed by atoms with E-state index in [0.717, 1.165) is 24.3 Å². The van der Waals surface area contributed by atoms with Crippen molar-refractivity contribution in [3.05, 3.63) is 53.9 Å². The first-order valence-corrected chi connectivity index (χ1v) is 7.68. The first-order valence-electron chi connectivity index (χ1n) is 6.14. The number of nitriles is 1. The average molecular weight is 337 g/mol. The van der Waals surface area contributed by atoms with Crippen LogP contribution in [-0.2, 0) is 9.84 Å². The molecule has 0 aliphatic rings. The minimum absolute atomic E-state index is 0.0546. The summed E-state index contributed by atoms with van der Waals surface area (Å²) in [5, 5.41) is 11.4. The van der Waals surface area contributed by atoms with Crippen molar-refractivity contribution in [1.29, 1.82) is 5.26 Å². The van der Waals surface area contributed by atoms with Gasteiger partial charge in [0.25, 0.3) is 5.91 Å². The van der Waals surface area contributed by atoms with Gasteiger partial charge in [-0.25, -0.2) is 8.42 Å². The molecule has 0 radical (unpaired) electrons. The molecule has 23 heavy (non-hydrogen) atoms. The summed E-state index contributed by atoms with van der Waals surface area (Å²) in [5.41, 5.74) is 0.438. The van der Waals surface area contributed by atoms with Gasteiger partial charge in [-0.05, 0) is 30.3 Å². The highest BCUT2D eigenvalue weighted by Crippen LogP contribution is 2.19. The second kappa shape index (κ2) is 6.50. The second-order valence-electron chi connectivity index (χ2n) is 4.32. The van der Waals surface area contributed by atoms with Gasteiger partial charge in [0, 0.05) is 18.0 Å². The number of hydrogen-bond donors (Lipinski definition) is 1. The number of benzene rings is 1. The number of anilines is 1. The molecule has 0 aliphatic carbocycles. The average Bonchev–Trinajstić information content (AvgIpc) is 2.55. The van der Waals surface area contributed by atoms with E-state index in [2.05, 4.69) is 10.3 Å². The van der Waals surface area contributed by atoms with Crippen molar-refractivity contribution >= 4 is 21.4 Å². The lowest BCUT2D eigenvalue weighted by molar-refractivity contribution is 0.102. The Bertz CT molecular complexity index is 875. The fraction of sp³-hybridized carbons (Fsp3) is 0.0714. The molecule has 1 aromatic carbocycles. The van der Waals surface area contributed by atoms with Crippen LogP contribution in [0.15, 0.2) is 47.6 Å². The zero-order valence-electron chi connectivity index (χ0n) is 11.4. The minimum Gasteiger partial charge on any atom is -0.321 e. The fourth-order valence-electron chi connectivity index (χ4n) is 1.69. The molecular weight excluding hydrogens is 328 g/mol. The van der Waals surface area contributed by atoms with E-state index in [1.54, 1.807) is 0 Å². The van der Waals surface area contributed by atoms with Gasteiger partial charge in [-0.2, -0.15) is 14.0 Å². The fourth-order valence-corrected chi connectivity index (χ4v) is 2.41. The van der Waals surface area contributed by atoms with Gasteiger partial charge in [-0.1, -0.05) is 0 Å². The van der Waals surface area contributed by atoms with Gasteiger partial charge in [-0.15, -0.1) is 0 Å². The summed E-state index contributed by atoms with van der Waals surface area (Å²) in [6.07, 6.45) is 2.66. The third-order valence-corrected chi connectivity index (χ3v) is 4.27. The highest BCUT2D eigenvalue weighted by atomic mass is 32.2. The molecule has 0 bridgehead atoms. The lowest BCUT2D eigenvalue weighted by atomic mass is 10.2. The van der Waals surface area contributed by atoms with Crippen molar-refractivity contribution in [3.8, 4) is 6.07 Å². The standard InChI is InChI=1S/C14H9F2N3O3S/c15-14(16)23(21,22)11-3-1-9(2-4-11)13(20)19-12-5-6-18-8-10(12)7-17/h1-6,8,14H,(H,18,19,20). The van der Waals surface area contributed by atoms with Gasteiger partial charge < -0.3 is 5.32 Å². The molecule has 2 aromatic rings. The lowest BCUT2D eigenvalue weighted by Gasteiger charge is -2.07. The van der Waals surface area contributed by atoms with Crippen molar-refractivity contribution in [3.63, 3.8) is 0 Å². The maximum Gasteiger partial charge on any atom is 0.341 e. The minimum atomic E-state index is -4.71. The molecular formula is C14H9F2N3O3S. The van der Waals surface area contributed by atoms with Crippen LogP contribution in [0.4, 0.5) is 14.5 Å². The summed E-state index contributed by atoms with van der Waals surface area (Å²) < 4.78 is 47.4. The molecule has 1 N–H and O–H groups in total. The van der Waals surface area contributed by atoms with Gasteiger partial charge in [0.05, 0.1) is 16.1 Å². The molecule has 0 aliphatic heterocycles. The summed E-state index contributed by atoms with van der Waals surface area (Å²) in [4.78, 5) is 15.2. The molecule has 1 amide bonds. The van der Waals surface area contributed by atoms with E-state index in [9.17, 15) is 22.0 Å². The van der Waals surface area contributed by atoms with E-state index < -0.39 is 26.4 Å². The quantitative estimate of drug-likeness (QED) is 0.922. The summed E-state index contributed by atoms with van der Waals surface area (Å²) >= 11 is 0. The molecule has 0 spiro atoms. The molecule has 2 rings (SSSR count). The van der Waals surface area contributed by atoms with E-state index in [0.29, 0.717) is 0 Å². The molecule has 1 heterocycles. The first kappa shape index (κ1) is 16.5. The topological polar surface area (TPSA) is 99.9 Å². The molecule has 6 nitrogen and oxygen atoms in total. The number of nitrogens with zero attached hydrogens (tertiary/aromatic N) is 2. The Hall–Kier alpha value is -2.86. The Kier molecular flexibility index (Phi) is 4.66. The number of aromatic nitrogens is 1. The Balaban J connectivity index is 2.23. The number of carbonyl (C=O) groups excluding carboxylic acids is 1. The number of rotatable bonds is 4. The molecule has 118 valence electrons. The van der Waals surface area contributed by atoms with E-state index in [-0.39, 0.29) is 16.8 Å². The zero-order chi connectivity index (χ0) is 17.0. The summed E-state index contributed by atoms with van der Waals surface area (Å²) in [5.74, 6) is -4.15. The van der Waals surface area contributed by atoms with Crippen LogP contribution in [0.1, 0.15) is 15.9 Å². The van der Waals surface area contributed by atoms with Crippen LogP contribution in [0.25, 0.3) is 0 Å². The van der Waals surface area contributed by atoms with Crippen LogP contribution in [0, 0.1) is 11.3 Å². The van der Waals surface area contributed by atoms with Crippen LogP contribution < -0.4 is 5.32 Å². The van der Waals surface area contributed by atoms with E-state index >= 15 is 0 Å². The number of halogens is 2. The van der Waals surface area contributed by atoms with Gasteiger partial charge in [0.15, 0.2) is 0 Å². The molecule has 0 saturated heterocycles. The van der Waals surface area contributed by atoms with Crippen LogP contribution in [0.2, 0.25) is 0 Å². The van der Waals surface area contributed by atoms with Crippen molar-refractivity contribution < 1.29 is 22.0 Å². The Morgan fingerprint density at radius 3 is 2.43 bits per heavy atom. The summed E-state index contributed by atoms with van der Waals surface area (Å²) in [7, 11) is -4.71.